The molecule has 0 bridgehead atoms. The molecular weight excluding hydrogens is 492 g/mol. The van der Waals surface area contributed by atoms with Crippen LogP contribution in [0, 0.1) is 0 Å². The van der Waals surface area contributed by atoms with Gasteiger partial charge in [-0.3, -0.25) is 4.99 Å². The third kappa shape index (κ3) is 7.87. The molecule has 0 aliphatic rings. The molecule has 6 nitrogen and oxygen atoms in total. The van der Waals surface area contributed by atoms with Crippen molar-refractivity contribution < 1.29 is 13.2 Å². The zero-order valence-corrected chi connectivity index (χ0v) is 18.1. The van der Waals surface area contributed by atoms with Crippen molar-refractivity contribution in [1.82, 2.24) is 20.2 Å². The van der Waals surface area contributed by atoms with E-state index in [1.165, 1.54) is 4.88 Å². The Morgan fingerprint density at radius 1 is 1.30 bits per heavy atom. The van der Waals surface area contributed by atoms with Gasteiger partial charge in [0.15, 0.2) is 5.96 Å². The molecule has 2 N–H and O–H groups in total. The summed E-state index contributed by atoms with van der Waals surface area (Å²) in [6, 6.07) is 4.95. The lowest BCUT2D eigenvalue weighted by molar-refractivity contribution is -0.141. The molecule has 0 radical (unpaired) electrons. The summed E-state index contributed by atoms with van der Waals surface area (Å²) in [5.41, 5.74) is -0.966. The highest BCUT2D eigenvalue weighted by Crippen LogP contribution is 2.27. The number of nitrogens with one attached hydrogen (secondary N) is 2. The zero-order chi connectivity index (χ0) is 19.0. The molecule has 0 aliphatic heterocycles. The van der Waals surface area contributed by atoms with Crippen molar-refractivity contribution in [2.24, 2.45) is 4.99 Å². The second-order valence-electron chi connectivity index (χ2n) is 5.41. The maximum Gasteiger partial charge on any atom is 0.433 e. The number of hydrogen-bond donors (Lipinski definition) is 2. The van der Waals surface area contributed by atoms with E-state index in [4.69, 9.17) is 0 Å². The molecule has 0 fully saturated rings. The van der Waals surface area contributed by atoms with Gasteiger partial charge in [-0.1, -0.05) is 6.07 Å². The Morgan fingerprint density at radius 3 is 2.70 bits per heavy atom. The van der Waals surface area contributed by atoms with Gasteiger partial charge in [-0.25, -0.2) is 9.97 Å². The van der Waals surface area contributed by atoms with Crippen LogP contribution in [-0.2, 0) is 12.6 Å². The van der Waals surface area contributed by atoms with Gasteiger partial charge in [0.25, 0.3) is 0 Å². The average molecular weight is 514 g/mol. The van der Waals surface area contributed by atoms with Gasteiger partial charge in [0.2, 0.25) is 5.95 Å². The van der Waals surface area contributed by atoms with E-state index in [2.05, 4.69) is 31.7 Å². The number of nitrogens with zero attached hydrogens (tertiary/aromatic N) is 4. The minimum atomic E-state index is -4.48. The predicted molar refractivity (Wildman–Crippen MR) is 113 cm³/mol. The minimum absolute atomic E-state index is 0. The first kappa shape index (κ1) is 23.4. The largest absolute Gasteiger partial charge is 0.433 e. The highest BCUT2D eigenvalue weighted by molar-refractivity contribution is 14.0. The van der Waals surface area contributed by atoms with Crippen molar-refractivity contribution in [3.8, 4) is 0 Å². The molecule has 27 heavy (non-hydrogen) atoms. The van der Waals surface area contributed by atoms with E-state index >= 15 is 0 Å². The first-order chi connectivity index (χ1) is 12.4. The molecule has 2 heterocycles. The summed E-state index contributed by atoms with van der Waals surface area (Å²) in [6.07, 6.45) is -2.47. The summed E-state index contributed by atoms with van der Waals surface area (Å²) >= 11 is 1.72. The number of alkyl halides is 3. The summed E-state index contributed by atoms with van der Waals surface area (Å²) in [5.74, 6) is 0.663. The first-order valence-electron chi connectivity index (χ1n) is 7.98. The Morgan fingerprint density at radius 2 is 2.07 bits per heavy atom. The van der Waals surface area contributed by atoms with E-state index in [1.54, 1.807) is 18.4 Å². The van der Waals surface area contributed by atoms with Gasteiger partial charge in [-0.15, -0.1) is 35.3 Å². The Bertz CT molecular complexity index is 708. The van der Waals surface area contributed by atoms with Crippen molar-refractivity contribution in [3.05, 3.63) is 40.3 Å². The Kier molecular flexibility index (Phi) is 9.77. The van der Waals surface area contributed by atoms with Gasteiger partial charge < -0.3 is 15.5 Å². The number of aliphatic imine (C=N–C) groups is 1. The SMILES string of the molecule is CN=C(NCCNc1nccc(C(F)(F)F)n1)N(C)CCc1cccs1.I. The van der Waals surface area contributed by atoms with Crippen LogP contribution in [0.2, 0.25) is 0 Å². The van der Waals surface area contributed by atoms with Gasteiger partial charge in [0.05, 0.1) is 0 Å². The number of rotatable bonds is 7. The van der Waals surface area contributed by atoms with Crippen LogP contribution in [0.15, 0.2) is 34.8 Å². The Balaban J connectivity index is 0.00000364. The molecule has 0 spiro atoms. The number of aromatic nitrogens is 2. The molecule has 2 rings (SSSR count). The monoisotopic (exact) mass is 514 g/mol. The van der Waals surface area contributed by atoms with Crippen LogP contribution in [0.3, 0.4) is 0 Å². The molecule has 0 unspecified atom stereocenters. The molecule has 150 valence electrons. The summed E-state index contributed by atoms with van der Waals surface area (Å²) in [6.45, 7) is 1.64. The normalized spacial score (nSPS) is 11.7. The molecule has 0 saturated heterocycles. The topological polar surface area (TPSA) is 65.4 Å². The Labute approximate surface area is 177 Å². The molecule has 0 aromatic carbocycles. The van der Waals surface area contributed by atoms with Crippen molar-refractivity contribution in [2.75, 3.05) is 39.0 Å². The van der Waals surface area contributed by atoms with Gasteiger partial charge in [0, 0.05) is 44.8 Å². The van der Waals surface area contributed by atoms with Gasteiger partial charge in [-0.05, 0) is 23.9 Å². The zero-order valence-electron chi connectivity index (χ0n) is 15.0. The van der Waals surface area contributed by atoms with Crippen LogP contribution >= 0.6 is 35.3 Å². The van der Waals surface area contributed by atoms with Crippen LogP contribution < -0.4 is 10.6 Å². The molecule has 0 saturated carbocycles. The maximum atomic E-state index is 12.6. The number of anilines is 1. The first-order valence-corrected chi connectivity index (χ1v) is 8.86. The number of guanidine groups is 1. The summed E-state index contributed by atoms with van der Waals surface area (Å²) in [4.78, 5) is 14.8. The predicted octanol–water partition coefficient (Wildman–Crippen LogP) is 3.34. The lowest BCUT2D eigenvalue weighted by Crippen LogP contribution is -2.41. The summed E-state index contributed by atoms with van der Waals surface area (Å²) in [5, 5.41) is 7.97. The number of halogens is 4. The van der Waals surface area contributed by atoms with E-state index in [-0.39, 0.29) is 29.9 Å². The molecule has 0 atom stereocenters. The lowest BCUT2D eigenvalue weighted by Gasteiger charge is -2.22. The van der Waals surface area contributed by atoms with E-state index in [0.29, 0.717) is 19.0 Å². The smallest absolute Gasteiger partial charge is 0.354 e. The Hall–Kier alpha value is -1.63. The highest BCUT2D eigenvalue weighted by atomic mass is 127. The second-order valence-corrected chi connectivity index (χ2v) is 6.45. The van der Waals surface area contributed by atoms with E-state index in [1.807, 2.05) is 23.4 Å². The van der Waals surface area contributed by atoms with Crippen molar-refractivity contribution in [3.63, 3.8) is 0 Å². The maximum absolute atomic E-state index is 12.6. The third-order valence-electron chi connectivity index (χ3n) is 3.48. The van der Waals surface area contributed by atoms with E-state index in [0.717, 1.165) is 25.2 Å². The van der Waals surface area contributed by atoms with Gasteiger partial charge >= 0.3 is 6.18 Å². The van der Waals surface area contributed by atoms with Crippen molar-refractivity contribution >= 4 is 47.2 Å². The van der Waals surface area contributed by atoms with Gasteiger partial charge in [-0.2, -0.15) is 13.2 Å². The standard InChI is InChI=1S/C16H21F3N6S.HI/c1-20-15(25(2)10-6-12-4-3-11-26-12)23-9-8-22-14-21-7-5-13(24-14)16(17,18)19;/h3-5,7,11H,6,8-10H2,1-2H3,(H,20,23)(H,21,22,24);1H. The molecule has 0 amide bonds. The molecule has 11 heteroatoms. The second kappa shape index (κ2) is 11.3. The fraction of sp³-hybridized carbons (Fsp3) is 0.438. The molecular formula is C16H22F3IN6S. The number of hydrogen-bond acceptors (Lipinski definition) is 5. The molecule has 2 aromatic heterocycles. The number of thiophene rings is 1. The minimum Gasteiger partial charge on any atom is -0.354 e. The molecule has 0 aliphatic carbocycles. The summed E-state index contributed by atoms with van der Waals surface area (Å²) in [7, 11) is 3.62. The van der Waals surface area contributed by atoms with Crippen LogP contribution in [0.4, 0.5) is 19.1 Å². The summed E-state index contributed by atoms with van der Waals surface area (Å²) < 4.78 is 37.9. The third-order valence-corrected chi connectivity index (χ3v) is 4.42. The fourth-order valence-electron chi connectivity index (χ4n) is 2.17. The van der Waals surface area contributed by atoms with Gasteiger partial charge in [0.1, 0.15) is 5.69 Å². The van der Waals surface area contributed by atoms with Crippen LogP contribution in [0.1, 0.15) is 10.6 Å². The fourth-order valence-corrected chi connectivity index (χ4v) is 2.87. The highest BCUT2D eigenvalue weighted by Gasteiger charge is 2.32. The van der Waals surface area contributed by atoms with E-state index in [9.17, 15) is 13.2 Å². The van der Waals surface area contributed by atoms with E-state index < -0.39 is 11.9 Å². The quantitative estimate of drug-likeness (QED) is 0.257. The lowest BCUT2D eigenvalue weighted by atomic mass is 10.3. The van der Waals surface area contributed by atoms with Crippen molar-refractivity contribution in [1.29, 1.82) is 0 Å². The van der Waals surface area contributed by atoms with Crippen LogP contribution in [-0.4, -0.2) is 54.6 Å². The van der Waals surface area contributed by atoms with Crippen molar-refractivity contribution in [2.45, 2.75) is 12.6 Å². The number of likely N-dealkylation sites (N-methyl/N-ethyl adjacent to an activating group) is 1. The van der Waals surface area contributed by atoms with Crippen LogP contribution in [0.5, 0.6) is 0 Å². The molecule has 2 aromatic rings. The average Bonchev–Trinajstić information content (AvgIpc) is 3.13. The van der Waals surface area contributed by atoms with Crippen LogP contribution in [0.25, 0.3) is 0 Å².